The zero-order valence-electron chi connectivity index (χ0n) is 11.8. The Hall–Kier alpha value is -2.56. The molecule has 0 heterocycles. The summed E-state index contributed by atoms with van der Waals surface area (Å²) >= 11 is 0. The van der Waals surface area contributed by atoms with Crippen molar-refractivity contribution < 1.29 is 18.0 Å². The van der Waals surface area contributed by atoms with Crippen molar-refractivity contribution in [2.24, 2.45) is 0 Å². The first-order chi connectivity index (χ1) is 10.5. The first kappa shape index (κ1) is 15.8. The van der Waals surface area contributed by atoms with Gasteiger partial charge in [0.15, 0.2) is 0 Å². The molecule has 0 saturated carbocycles. The fourth-order valence-corrected chi connectivity index (χ4v) is 1.97. The van der Waals surface area contributed by atoms with E-state index in [2.05, 4.69) is 5.32 Å². The van der Waals surface area contributed by atoms with Crippen LogP contribution in [-0.4, -0.2) is 5.91 Å². The van der Waals surface area contributed by atoms with E-state index in [4.69, 9.17) is 0 Å². The van der Waals surface area contributed by atoms with Crippen LogP contribution in [0.4, 0.5) is 13.2 Å². The highest BCUT2D eigenvalue weighted by atomic mass is 19.1. The molecule has 2 aromatic rings. The average Bonchev–Trinajstić information content (AvgIpc) is 2.45. The molecule has 2 rings (SSSR count). The van der Waals surface area contributed by atoms with Crippen molar-refractivity contribution in [2.45, 2.75) is 13.0 Å². The second-order valence-corrected chi connectivity index (χ2v) is 4.78. The molecular weight excluding hydrogens is 291 g/mol. The normalized spacial score (nSPS) is 12.4. The van der Waals surface area contributed by atoms with Crippen LogP contribution in [0, 0.1) is 17.5 Å². The van der Waals surface area contributed by atoms with Gasteiger partial charge >= 0.3 is 0 Å². The van der Waals surface area contributed by atoms with Gasteiger partial charge in [-0.3, -0.25) is 4.79 Å². The van der Waals surface area contributed by atoms with Gasteiger partial charge in [0.05, 0.1) is 6.04 Å². The van der Waals surface area contributed by atoms with E-state index in [0.717, 1.165) is 12.1 Å². The smallest absolute Gasteiger partial charge is 0.244 e. The molecule has 22 heavy (non-hydrogen) atoms. The summed E-state index contributed by atoms with van der Waals surface area (Å²) in [7, 11) is 0. The second kappa shape index (κ2) is 6.93. The third kappa shape index (κ3) is 4.22. The van der Waals surface area contributed by atoms with Crippen LogP contribution in [-0.2, 0) is 4.79 Å². The highest BCUT2D eigenvalue weighted by Crippen LogP contribution is 2.17. The van der Waals surface area contributed by atoms with E-state index in [-0.39, 0.29) is 5.56 Å². The van der Waals surface area contributed by atoms with Crippen molar-refractivity contribution in [3.8, 4) is 0 Å². The molecule has 0 aliphatic rings. The molecule has 0 aliphatic heterocycles. The number of hydrogen-bond donors (Lipinski definition) is 1. The summed E-state index contributed by atoms with van der Waals surface area (Å²) in [5.74, 6) is -2.25. The van der Waals surface area contributed by atoms with Crippen molar-refractivity contribution in [2.75, 3.05) is 0 Å². The van der Waals surface area contributed by atoms with Crippen molar-refractivity contribution in [3.63, 3.8) is 0 Å². The van der Waals surface area contributed by atoms with Crippen LogP contribution in [0.25, 0.3) is 6.08 Å². The van der Waals surface area contributed by atoms with Crippen molar-refractivity contribution in [3.05, 3.63) is 77.1 Å². The van der Waals surface area contributed by atoms with Gasteiger partial charge in [0.1, 0.15) is 17.5 Å². The van der Waals surface area contributed by atoms with E-state index in [0.29, 0.717) is 5.56 Å². The van der Waals surface area contributed by atoms with Crippen LogP contribution in [0.1, 0.15) is 24.1 Å². The number of amides is 1. The average molecular weight is 305 g/mol. The van der Waals surface area contributed by atoms with Crippen molar-refractivity contribution >= 4 is 12.0 Å². The van der Waals surface area contributed by atoms with E-state index < -0.39 is 29.4 Å². The molecule has 0 saturated heterocycles. The third-order valence-electron chi connectivity index (χ3n) is 3.06. The van der Waals surface area contributed by atoms with Crippen molar-refractivity contribution in [1.29, 1.82) is 0 Å². The maximum atomic E-state index is 13.6. The Morgan fingerprint density at radius 1 is 1.09 bits per heavy atom. The molecule has 5 heteroatoms. The standard InChI is InChI=1S/C17H14F3NO/c1-11(15-7-6-14(19)10-16(15)20)21-17(22)8-5-12-3-2-4-13(18)9-12/h2-11H,1H3,(H,21,22)/b8-5+/t11-/m1/s1. The highest BCUT2D eigenvalue weighted by Gasteiger charge is 2.12. The summed E-state index contributed by atoms with van der Waals surface area (Å²) in [5, 5.41) is 2.56. The predicted molar refractivity (Wildman–Crippen MR) is 78.3 cm³/mol. The second-order valence-electron chi connectivity index (χ2n) is 4.78. The van der Waals surface area contributed by atoms with E-state index in [9.17, 15) is 18.0 Å². The molecule has 0 spiro atoms. The summed E-state index contributed by atoms with van der Waals surface area (Å²) in [4.78, 5) is 11.8. The number of halogens is 3. The Morgan fingerprint density at radius 3 is 2.50 bits per heavy atom. The molecule has 0 unspecified atom stereocenters. The lowest BCUT2D eigenvalue weighted by Gasteiger charge is -2.13. The predicted octanol–water partition coefficient (Wildman–Crippen LogP) is 3.99. The summed E-state index contributed by atoms with van der Waals surface area (Å²) in [6.07, 6.45) is 2.68. The highest BCUT2D eigenvalue weighted by molar-refractivity contribution is 5.91. The maximum absolute atomic E-state index is 13.6. The molecule has 0 fully saturated rings. The lowest BCUT2D eigenvalue weighted by Crippen LogP contribution is -2.25. The van der Waals surface area contributed by atoms with Gasteiger partial charge in [0.2, 0.25) is 5.91 Å². The van der Waals surface area contributed by atoms with Crippen LogP contribution < -0.4 is 5.32 Å². The van der Waals surface area contributed by atoms with Gasteiger partial charge in [-0.1, -0.05) is 18.2 Å². The quantitative estimate of drug-likeness (QED) is 0.850. The van der Waals surface area contributed by atoms with Crippen LogP contribution in [0.2, 0.25) is 0 Å². The molecule has 0 aliphatic carbocycles. The number of carbonyl (C=O) groups excluding carboxylic acids is 1. The number of rotatable bonds is 4. The number of benzene rings is 2. The Labute approximate surface area is 126 Å². The largest absolute Gasteiger partial charge is 0.346 e. The van der Waals surface area contributed by atoms with Crippen LogP contribution in [0.15, 0.2) is 48.5 Å². The van der Waals surface area contributed by atoms with E-state index >= 15 is 0 Å². The lowest BCUT2D eigenvalue weighted by atomic mass is 10.1. The first-order valence-electron chi connectivity index (χ1n) is 6.65. The Bertz CT molecular complexity index is 713. The third-order valence-corrected chi connectivity index (χ3v) is 3.06. The molecule has 0 radical (unpaired) electrons. The molecule has 1 atom stereocenters. The van der Waals surface area contributed by atoms with Gasteiger partial charge in [-0.2, -0.15) is 0 Å². The zero-order valence-corrected chi connectivity index (χ0v) is 11.8. The topological polar surface area (TPSA) is 29.1 Å². The van der Waals surface area contributed by atoms with Crippen molar-refractivity contribution in [1.82, 2.24) is 5.32 Å². The van der Waals surface area contributed by atoms with Crippen LogP contribution in [0.5, 0.6) is 0 Å². The van der Waals surface area contributed by atoms with Crippen LogP contribution in [0.3, 0.4) is 0 Å². The summed E-state index contributed by atoms with van der Waals surface area (Å²) in [6, 6.07) is 8.32. The number of carbonyl (C=O) groups is 1. The molecular formula is C17H14F3NO. The van der Waals surface area contributed by atoms with Gasteiger partial charge in [0.25, 0.3) is 0 Å². The number of nitrogens with one attached hydrogen (secondary N) is 1. The van der Waals surface area contributed by atoms with E-state index in [1.54, 1.807) is 13.0 Å². The molecule has 114 valence electrons. The van der Waals surface area contributed by atoms with E-state index in [1.165, 1.54) is 36.4 Å². The van der Waals surface area contributed by atoms with E-state index in [1.807, 2.05) is 0 Å². The van der Waals surface area contributed by atoms with Gasteiger partial charge in [-0.15, -0.1) is 0 Å². The molecule has 0 bridgehead atoms. The lowest BCUT2D eigenvalue weighted by molar-refractivity contribution is -0.117. The minimum absolute atomic E-state index is 0.189. The fourth-order valence-electron chi connectivity index (χ4n) is 1.97. The molecule has 2 aromatic carbocycles. The number of hydrogen-bond acceptors (Lipinski definition) is 1. The van der Waals surface area contributed by atoms with Crippen LogP contribution >= 0.6 is 0 Å². The zero-order chi connectivity index (χ0) is 16.1. The monoisotopic (exact) mass is 305 g/mol. The molecule has 0 aromatic heterocycles. The Kier molecular flexibility index (Phi) is 4.99. The summed E-state index contributed by atoms with van der Waals surface area (Å²) < 4.78 is 39.4. The minimum Gasteiger partial charge on any atom is -0.346 e. The van der Waals surface area contributed by atoms with Gasteiger partial charge in [0, 0.05) is 17.7 Å². The van der Waals surface area contributed by atoms with Gasteiger partial charge < -0.3 is 5.32 Å². The van der Waals surface area contributed by atoms with Gasteiger partial charge in [-0.25, -0.2) is 13.2 Å². The van der Waals surface area contributed by atoms with Gasteiger partial charge in [-0.05, 0) is 36.8 Å². The Morgan fingerprint density at radius 2 is 1.82 bits per heavy atom. The molecule has 1 N–H and O–H groups in total. The first-order valence-corrected chi connectivity index (χ1v) is 6.65. The summed E-state index contributed by atoms with van der Waals surface area (Å²) in [6.45, 7) is 1.59. The minimum atomic E-state index is -0.720. The summed E-state index contributed by atoms with van der Waals surface area (Å²) in [5.41, 5.74) is 0.727. The Balaban J connectivity index is 2.02. The molecule has 2 nitrogen and oxygen atoms in total. The fraction of sp³-hybridized carbons (Fsp3) is 0.118. The SMILES string of the molecule is C[C@@H](NC(=O)/C=C/c1cccc(F)c1)c1ccc(F)cc1F. The molecule has 1 amide bonds. The maximum Gasteiger partial charge on any atom is 0.244 e.